The largest absolute Gasteiger partial charge is 0.381 e. The molecule has 1 aromatic heterocycles. The Morgan fingerprint density at radius 3 is 2.47 bits per heavy atom. The molecule has 166 valence electrons. The van der Waals surface area contributed by atoms with Crippen molar-refractivity contribution >= 4 is 11.9 Å². The molecule has 0 unspecified atom stereocenters. The molecule has 1 atom stereocenters. The molecule has 0 aromatic carbocycles. The Morgan fingerprint density at radius 2 is 1.83 bits per heavy atom. The summed E-state index contributed by atoms with van der Waals surface area (Å²) in [6.45, 7) is 9.05. The van der Waals surface area contributed by atoms with Gasteiger partial charge in [0.25, 0.3) is 0 Å². The second kappa shape index (κ2) is 9.60. The molecule has 1 spiro atoms. The molecule has 7 heteroatoms. The van der Waals surface area contributed by atoms with Gasteiger partial charge in [0.1, 0.15) is 0 Å². The molecule has 0 radical (unpaired) electrons. The summed E-state index contributed by atoms with van der Waals surface area (Å²) in [5.74, 6) is 1.50. The van der Waals surface area contributed by atoms with Gasteiger partial charge in [-0.05, 0) is 69.8 Å². The van der Waals surface area contributed by atoms with Gasteiger partial charge in [-0.3, -0.25) is 4.79 Å². The number of carbonyl (C=O) groups is 1. The molecule has 7 nitrogen and oxygen atoms in total. The van der Waals surface area contributed by atoms with Crippen LogP contribution in [0.5, 0.6) is 0 Å². The van der Waals surface area contributed by atoms with Crippen molar-refractivity contribution in [3.63, 3.8) is 0 Å². The van der Waals surface area contributed by atoms with Crippen LogP contribution < -0.4 is 10.2 Å². The number of anilines is 1. The average molecular weight is 417 g/mol. The summed E-state index contributed by atoms with van der Waals surface area (Å²) in [4.78, 5) is 23.8. The Morgan fingerprint density at radius 1 is 1.13 bits per heavy atom. The van der Waals surface area contributed by atoms with Crippen LogP contribution in [0.15, 0.2) is 6.07 Å². The van der Waals surface area contributed by atoms with Gasteiger partial charge >= 0.3 is 0 Å². The maximum atomic E-state index is 12.2. The van der Waals surface area contributed by atoms with Crippen LogP contribution in [0.25, 0.3) is 0 Å². The SMILES string of the molecule is Cc1cc(C)nc(N2CCC3(CC[C@H](CNC(=O)CC4CCOCC4)OC3)CC2)n1. The number of hydrogen-bond acceptors (Lipinski definition) is 6. The van der Waals surface area contributed by atoms with E-state index in [2.05, 4.69) is 20.2 Å². The van der Waals surface area contributed by atoms with Crippen molar-refractivity contribution < 1.29 is 14.3 Å². The molecule has 0 saturated carbocycles. The molecular weight excluding hydrogens is 380 g/mol. The van der Waals surface area contributed by atoms with Crippen molar-refractivity contribution in [3.05, 3.63) is 17.5 Å². The molecule has 4 heterocycles. The Bertz CT molecular complexity index is 697. The maximum Gasteiger partial charge on any atom is 0.225 e. The number of carbonyl (C=O) groups excluding carboxylic acids is 1. The molecule has 1 N–H and O–H groups in total. The van der Waals surface area contributed by atoms with Crippen LogP contribution in [0.3, 0.4) is 0 Å². The molecule has 3 aliphatic rings. The van der Waals surface area contributed by atoms with Gasteiger partial charge in [0, 0.05) is 50.7 Å². The highest BCUT2D eigenvalue weighted by atomic mass is 16.5. The molecule has 1 aromatic rings. The van der Waals surface area contributed by atoms with E-state index in [4.69, 9.17) is 9.47 Å². The van der Waals surface area contributed by atoms with Crippen molar-refractivity contribution in [2.45, 2.75) is 64.9 Å². The smallest absolute Gasteiger partial charge is 0.225 e. The fourth-order valence-electron chi connectivity index (χ4n) is 5.01. The standard InChI is InChI=1S/C23H36N4O3/c1-17-13-18(2)26-22(25-17)27-9-7-23(8-10-27)6-3-20(30-16-23)15-24-21(28)14-19-4-11-29-12-5-19/h13,19-20H,3-12,14-16H2,1-2H3,(H,24,28)/t20-/m1/s1. The lowest BCUT2D eigenvalue weighted by atomic mass is 9.73. The lowest BCUT2D eigenvalue weighted by Gasteiger charge is -2.45. The van der Waals surface area contributed by atoms with Crippen molar-refractivity contribution in [1.82, 2.24) is 15.3 Å². The number of hydrogen-bond donors (Lipinski definition) is 1. The highest BCUT2D eigenvalue weighted by molar-refractivity contribution is 5.76. The zero-order valence-corrected chi connectivity index (χ0v) is 18.5. The van der Waals surface area contributed by atoms with E-state index in [-0.39, 0.29) is 17.4 Å². The second-order valence-corrected chi connectivity index (χ2v) is 9.47. The maximum absolute atomic E-state index is 12.2. The predicted molar refractivity (Wildman–Crippen MR) is 116 cm³/mol. The van der Waals surface area contributed by atoms with E-state index in [0.717, 1.165) is 82.4 Å². The summed E-state index contributed by atoms with van der Waals surface area (Å²) < 4.78 is 11.6. The fourth-order valence-corrected chi connectivity index (χ4v) is 5.01. The normalized spacial score (nSPS) is 24.7. The molecule has 0 aliphatic carbocycles. The summed E-state index contributed by atoms with van der Waals surface area (Å²) in [6.07, 6.45) is 7.21. The predicted octanol–water partition coefficient (Wildman–Crippen LogP) is 2.79. The number of piperidine rings is 1. The van der Waals surface area contributed by atoms with E-state index in [9.17, 15) is 4.79 Å². The number of aromatic nitrogens is 2. The fraction of sp³-hybridized carbons (Fsp3) is 0.783. The first-order valence-corrected chi connectivity index (χ1v) is 11.5. The van der Waals surface area contributed by atoms with Gasteiger partial charge < -0.3 is 19.7 Å². The zero-order valence-electron chi connectivity index (χ0n) is 18.5. The number of nitrogens with one attached hydrogen (secondary N) is 1. The minimum absolute atomic E-state index is 0.148. The van der Waals surface area contributed by atoms with E-state index in [1.54, 1.807) is 0 Å². The van der Waals surface area contributed by atoms with Crippen LogP contribution in [-0.2, 0) is 14.3 Å². The van der Waals surface area contributed by atoms with Crippen LogP contribution in [0, 0.1) is 25.2 Å². The molecule has 3 saturated heterocycles. The molecule has 0 bridgehead atoms. The first kappa shape index (κ1) is 21.5. The molecule has 4 rings (SSSR count). The Balaban J connectivity index is 1.19. The van der Waals surface area contributed by atoms with E-state index in [0.29, 0.717) is 18.9 Å². The topological polar surface area (TPSA) is 76.6 Å². The van der Waals surface area contributed by atoms with Crippen LogP contribution >= 0.6 is 0 Å². The summed E-state index contributed by atoms with van der Waals surface area (Å²) in [5.41, 5.74) is 2.33. The second-order valence-electron chi connectivity index (χ2n) is 9.47. The molecule has 30 heavy (non-hydrogen) atoms. The van der Waals surface area contributed by atoms with E-state index in [1.165, 1.54) is 6.42 Å². The van der Waals surface area contributed by atoms with Crippen molar-refractivity contribution in [2.75, 3.05) is 44.4 Å². The minimum Gasteiger partial charge on any atom is -0.381 e. The van der Waals surface area contributed by atoms with E-state index < -0.39 is 0 Å². The summed E-state index contributed by atoms with van der Waals surface area (Å²) >= 11 is 0. The van der Waals surface area contributed by atoms with Crippen LogP contribution in [-0.4, -0.2) is 61.4 Å². The number of aryl methyl sites for hydroxylation is 2. The van der Waals surface area contributed by atoms with Gasteiger partial charge in [0.15, 0.2) is 0 Å². The van der Waals surface area contributed by atoms with Gasteiger partial charge in [-0.1, -0.05) is 0 Å². The third-order valence-corrected chi connectivity index (χ3v) is 7.04. The average Bonchev–Trinajstić information content (AvgIpc) is 2.74. The van der Waals surface area contributed by atoms with Gasteiger partial charge in [-0.2, -0.15) is 0 Å². The Kier molecular flexibility index (Phi) is 6.88. The van der Waals surface area contributed by atoms with Crippen LogP contribution in [0.1, 0.15) is 56.3 Å². The lowest BCUT2D eigenvalue weighted by molar-refractivity contribution is -0.124. The van der Waals surface area contributed by atoms with E-state index in [1.807, 2.05) is 19.9 Å². The van der Waals surface area contributed by atoms with Crippen molar-refractivity contribution in [2.24, 2.45) is 11.3 Å². The molecule has 3 fully saturated rings. The Labute approximate surface area is 179 Å². The van der Waals surface area contributed by atoms with Crippen molar-refractivity contribution in [1.29, 1.82) is 0 Å². The van der Waals surface area contributed by atoms with Gasteiger partial charge in [0.05, 0.1) is 12.7 Å². The number of rotatable bonds is 5. The van der Waals surface area contributed by atoms with Gasteiger partial charge in [0.2, 0.25) is 11.9 Å². The van der Waals surface area contributed by atoms with Gasteiger partial charge in [-0.15, -0.1) is 0 Å². The molecule has 3 aliphatic heterocycles. The van der Waals surface area contributed by atoms with Crippen LogP contribution in [0.4, 0.5) is 5.95 Å². The third kappa shape index (κ3) is 5.49. The monoisotopic (exact) mass is 416 g/mol. The minimum atomic E-state index is 0.148. The number of ether oxygens (including phenoxy) is 2. The number of amides is 1. The highest BCUT2D eigenvalue weighted by Crippen LogP contribution is 2.41. The van der Waals surface area contributed by atoms with Crippen molar-refractivity contribution in [3.8, 4) is 0 Å². The van der Waals surface area contributed by atoms with E-state index >= 15 is 0 Å². The highest BCUT2D eigenvalue weighted by Gasteiger charge is 2.39. The Hall–Kier alpha value is -1.73. The first-order valence-electron chi connectivity index (χ1n) is 11.5. The van der Waals surface area contributed by atoms with Gasteiger partial charge in [-0.25, -0.2) is 9.97 Å². The summed E-state index contributed by atoms with van der Waals surface area (Å²) in [6, 6.07) is 2.02. The van der Waals surface area contributed by atoms with Crippen LogP contribution in [0.2, 0.25) is 0 Å². The first-order chi connectivity index (χ1) is 14.5. The molecular formula is C23H36N4O3. The number of nitrogens with zero attached hydrogens (tertiary/aromatic N) is 3. The third-order valence-electron chi connectivity index (χ3n) is 7.04. The zero-order chi connectivity index (χ0) is 21.0. The summed E-state index contributed by atoms with van der Waals surface area (Å²) in [7, 11) is 0. The lowest BCUT2D eigenvalue weighted by Crippen LogP contribution is -2.48. The molecule has 1 amide bonds. The summed E-state index contributed by atoms with van der Waals surface area (Å²) in [5, 5.41) is 3.10. The quantitative estimate of drug-likeness (QED) is 0.795.